The van der Waals surface area contributed by atoms with Crippen molar-refractivity contribution in [3.05, 3.63) is 82.2 Å². The summed E-state index contributed by atoms with van der Waals surface area (Å²) in [6, 6.07) is 9.65. The molecule has 1 atom stereocenters. The number of benzene rings is 2. The monoisotopic (exact) mass is 624 g/mol. The average Bonchev–Trinajstić information content (AvgIpc) is 3.72. The Morgan fingerprint density at radius 3 is 2.37 bits per heavy atom. The van der Waals surface area contributed by atoms with Gasteiger partial charge in [0, 0.05) is 23.9 Å². The zero-order valence-corrected chi connectivity index (χ0v) is 23.8. The van der Waals surface area contributed by atoms with Crippen LogP contribution >= 0.6 is 0 Å². The molecule has 0 spiro atoms. The lowest BCUT2D eigenvalue weighted by atomic mass is 10.1. The van der Waals surface area contributed by atoms with Gasteiger partial charge >= 0.3 is 6.18 Å². The van der Waals surface area contributed by atoms with Gasteiger partial charge in [0.1, 0.15) is 18.3 Å². The van der Waals surface area contributed by atoms with Crippen molar-refractivity contribution >= 4 is 15.7 Å². The first-order chi connectivity index (χ1) is 19.8. The molecule has 43 heavy (non-hydrogen) atoms. The maximum Gasteiger partial charge on any atom is 0.419 e. The fraction of sp³-hybridized carbons (Fsp3) is 0.433. The minimum absolute atomic E-state index is 0. The number of aromatic nitrogens is 2. The normalized spacial score (nSPS) is 14.1. The molecule has 1 aliphatic carbocycles. The molecule has 1 saturated carbocycles. The molecule has 0 saturated heterocycles. The fourth-order valence-corrected chi connectivity index (χ4v) is 5.55. The maximum absolute atomic E-state index is 14.5. The second-order valence-corrected chi connectivity index (χ2v) is 12.7. The topological polar surface area (TPSA) is 96.1 Å². The summed E-state index contributed by atoms with van der Waals surface area (Å²) in [5.74, 6) is -2.53. The van der Waals surface area contributed by atoms with Gasteiger partial charge in [0.15, 0.2) is 9.84 Å². The number of carbonyl (C=O) groups excluding carboxylic acids is 1. The van der Waals surface area contributed by atoms with E-state index >= 15 is 0 Å². The predicted molar refractivity (Wildman–Crippen MR) is 151 cm³/mol. The summed E-state index contributed by atoms with van der Waals surface area (Å²) in [7, 11) is -3.56. The van der Waals surface area contributed by atoms with Crippen molar-refractivity contribution in [3.8, 4) is 11.8 Å². The Hall–Kier alpha value is -3.79. The molecular formula is C30H33F5N4O3S. The van der Waals surface area contributed by atoms with Crippen molar-refractivity contribution in [2.45, 2.75) is 65.3 Å². The number of alkyl halides is 4. The van der Waals surface area contributed by atoms with Crippen LogP contribution in [-0.2, 0) is 33.9 Å². The first kappa shape index (κ1) is 33.7. The maximum atomic E-state index is 14.5. The zero-order chi connectivity index (χ0) is 30.8. The van der Waals surface area contributed by atoms with E-state index in [4.69, 9.17) is 4.98 Å². The number of amides is 1. The van der Waals surface area contributed by atoms with Gasteiger partial charge in [-0.05, 0) is 61.7 Å². The Balaban J connectivity index is 0.00000506. The number of imidazole rings is 1. The van der Waals surface area contributed by atoms with Crippen molar-refractivity contribution in [1.82, 2.24) is 14.5 Å². The molecule has 2 aromatic carbocycles. The molecule has 1 aliphatic rings. The molecule has 1 heterocycles. The Morgan fingerprint density at radius 2 is 1.84 bits per heavy atom. The van der Waals surface area contributed by atoms with Crippen LogP contribution < -0.4 is 0 Å². The van der Waals surface area contributed by atoms with Crippen LogP contribution in [-0.4, -0.2) is 46.8 Å². The summed E-state index contributed by atoms with van der Waals surface area (Å²) in [6.07, 6.45) is -3.94. The highest BCUT2D eigenvalue weighted by molar-refractivity contribution is 7.91. The lowest BCUT2D eigenvalue weighted by molar-refractivity contribution is -0.140. The lowest BCUT2D eigenvalue weighted by Gasteiger charge is -2.30. The number of halogens is 5. The van der Waals surface area contributed by atoms with Gasteiger partial charge in [-0.3, -0.25) is 9.36 Å². The van der Waals surface area contributed by atoms with Crippen LogP contribution in [0.15, 0.2) is 42.5 Å². The van der Waals surface area contributed by atoms with Crippen molar-refractivity contribution < 1.29 is 35.2 Å². The quantitative estimate of drug-likeness (QED) is 0.229. The Kier molecular flexibility index (Phi) is 10.4. The Bertz CT molecular complexity index is 1610. The van der Waals surface area contributed by atoms with Gasteiger partial charge < -0.3 is 4.90 Å². The number of sulfone groups is 1. The van der Waals surface area contributed by atoms with Crippen molar-refractivity contribution in [1.29, 1.82) is 5.26 Å². The standard InChI is InChI=1S/C29H29F5N4O3S.CH4/c1-3-42(40,41)13-12-37(26(39)15-20-6-11-24(31)23(14-20)29(32,33)34)18(2)28-36-27(21-7-8-21)25(16-30)38(28)22-9-4-19(17-35)5-10-22;/h4-6,9-11,14,18,21H,3,7-8,12-13,15-16H2,1-2H3;1H4/t18-;/m1./s1. The van der Waals surface area contributed by atoms with Crippen LogP contribution in [0.5, 0.6) is 0 Å². The largest absolute Gasteiger partial charge is 0.419 e. The number of nitriles is 1. The van der Waals surface area contributed by atoms with E-state index in [2.05, 4.69) is 0 Å². The molecule has 7 nitrogen and oxygen atoms in total. The number of carbonyl (C=O) groups is 1. The van der Waals surface area contributed by atoms with E-state index in [0.29, 0.717) is 29.1 Å². The molecule has 0 bridgehead atoms. The summed E-state index contributed by atoms with van der Waals surface area (Å²) < 4.78 is 94.6. The molecular weight excluding hydrogens is 591 g/mol. The van der Waals surface area contributed by atoms with Crippen molar-refractivity contribution in [2.75, 3.05) is 18.1 Å². The smallest absolute Gasteiger partial charge is 0.331 e. The van der Waals surface area contributed by atoms with Crippen LogP contribution in [0.4, 0.5) is 22.0 Å². The van der Waals surface area contributed by atoms with Crippen LogP contribution in [0.2, 0.25) is 0 Å². The van der Waals surface area contributed by atoms with Gasteiger partial charge in [0.25, 0.3) is 0 Å². The second kappa shape index (κ2) is 13.2. The van der Waals surface area contributed by atoms with E-state index in [1.165, 1.54) is 11.8 Å². The van der Waals surface area contributed by atoms with Gasteiger partial charge in [-0.1, -0.05) is 20.4 Å². The first-order valence-electron chi connectivity index (χ1n) is 13.3. The molecule has 1 fully saturated rings. The van der Waals surface area contributed by atoms with E-state index in [9.17, 15) is 40.4 Å². The van der Waals surface area contributed by atoms with E-state index in [1.807, 2.05) is 6.07 Å². The third kappa shape index (κ3) is 7.60. The summed E-state index contributed by atoms with van der Waals surface area (Å²) in [4.78, 5) is 19.5. The minimum Gasteiger partial charge on any atom is -0.331 e. The molecule has 0 aliphatic heterocycles. The molecule has 0 N–H and O–H groups in total. The Morgan fingerprint density at radius 1 is 1.19 bits per heavy atom. The van der Waals surface area contributed by atoms with Gasteiger partial charge in [-0.15, -0.1) is 0 Å². The van der Waals surface area contributed by atoms with Crippen LogP contribution in [0, 0.1) is 17.1 Å². The van der Waals surface area contributed by atoms with Crippen LogP contribution in [0.3, 0.4) is 0 Å². The summed E-state index contributed by atoms with van der Waals surface area (Å²) in [6.45, 7) is 1.87. The van der Waals surface area contributed by atoms with E-state index in [-0.39, 0.29) is 42.7 Å². The van der Waals surface area contributed by atoms with Crippen LogP contribution in [0.25, 0.3) is 5.69 Å². The highest BCUT2D eigenvalue weighted by Gasteiger charge is 2.36. The highest BCUT2D eigenvalue weighted by Crippen LogP contribution is 2.43. The number of rotatable bonds is 11. The number of hydrogen-bond acceptors (Lipinski definition) is 5. The highest BCUT2D eigenvalue weighted by atomic mass is 32.2. The SMILES string of the molecule is C.CCS(=O)(=O)CCN(C(=O)Cc1ccc(F)c(C(F)(F)F)c1)[C@H](C)c1nc(C2CC2)c(CF)n1-c1ccc(C#N)cc1. The molecule has 0 radical (unpaired) electrons. The predicted octanol–water partition coefficient (Wildman–Crippen LogP) is 6.45. The molecule has 3 aromatic rings. The number of hydrogen-bond donors (Lipinski definition) is 0. The summed E-state index contributed by atoms with van der Waals surface area (Å²) in [5.41, 5.74) is 0.0139. The summed E-state index contributed by atoms with van der Waals surface area (Å²) in [5, 5.41) is 9.20. The van der Waals surface area contributed by atoms with E-state index < -0.39 is 58.2 Å². The van der Waals surface area contributed by atoms with Gasteiger partial charge in [-0.25, -0.2) is 22.2 Å². The molecule has 232 valence electrons. The minimum atomic E-state index is -4.97. The van der Waals surface area contributed by atoms with Gasteiger partial charge in [-0.2, -0.15) is 18.4 Å². The van der Waals surface area contributed by atoms with Crippen LogP contribution in [0.1, 0.15) is 80.0 Å². The van der Waals surface area contributed by atoms with Gasteiger partial charge in [0.05, 0.1) is 46.8 Å². The van der Waals surface area contributed by atoms with Gasteiger partial charge in [0.2, 0.25) is 5.91 Å². The lowest BCUT2D eigenvalue weighted by Crippen LogP contribution is -2.39. The van der Waals surface area contributed by atoms with E-state index in [0.717, 1.165) is 18.9 Å². The van der Waals surface area contributed by atoms with E-state index in [1.54, 1.807) is 35.8 Å². The zero-order valence-electron chi connectivity index (χ0n) is 23.0. The first-order valence-corrected chi connectivity index (χ1v) is 15.1. The Labute approximate surface area is 247 Å². The molecule has 13 heteroatoms. The molecule has 0 unspecified atom stereocenters. The fourth-order valence-electron chi connectivity index (χ4n) is 4.79. The molecule has 1 aromatic heterocycles. The average molecular weight is 625 g/mol. The second-order valence-electron chi connectivity index (χ2n) is 10.2. The van der Waals surface area contributed by atoms with Crippen molar-refractivity contribution in [3.63, 3.8) is 0 Å². The number of nitrogens with zero attached hydrogens (tertiary/aromatic N) is 4. The summed E-state index contributed by atoms with van der Waals surface area (Å²) >= 11 is 0. The van der Waals surface area contributed by atoms with Crippen molar-refractivity contribution in [2.24, 2.45) is 0 Å². The molecule has 1 amide bonds. The third-order valence-corrected chi connectivity index (χ3v) is 9.00. The molecule has 4 rings (SSSR count). The third-order valence-electron chi connectivity index (χ3n) is 7.31.